The molecule has 98 valence electrons. The molecule has 3 heteroatoms. The molecule has 18 heavy (non-hydrogen) atoms. The van der Waals surface area contributed by atoms with Crippen LogP contribution >= 0.6 is 0 Å². The maximum Gasteiger partial charge on any atom is 0.0370 e. The molecule has 0 amide bonds. The van der Waals surface area contributed by atoms with E-state index in [0.29, 0.717) is 12.1 Å². The number of likely N-dealkylation sites (N-methyl/N-ethyl adjacent to an activating group) is 1. The second-order valence-electron chi connectivity index (χ2n) is 5.89. The number of fused-ring (bicyclic) bond motifs is 1. The Balaban J connectivity index is 1.80. The Hall–Kier alpha value is -0.900. The van der Waals surface area contributed by atoms with Gasteiger partial charge in [0.1, 0.15) is 0 Å². The summed E-state index contributed by atoms with van der Waals surface area (Å²) in [6.45, 7) is 2.38. The molecule has 1 heterocycles. The molecule has 3 rings (SSSR count). The van der Waals surface area contributed by atoms with Crippen LogP contribution in [0.2, 0.25) is 0 Å². The van der Waals surface area contributed by atoms with Crippen molar-refractivity contribution in [3.63, 3.8) is 0 Å². The fourth-order valence-electron chi connectivity index (χ4n) is 3.46. The average molecular weight is 245 g/mol. The van der Waals surface area contributed by atoms with E-state index in [2.05, 4.69) is 48.2 Å². The predicted octanol–water partition coefficient (Wildman–Crippen LogP) is 1.77. The van der Waals surface area contributed by atoms with E-state index in [9.17, 15) is 0 Å². The zero-order valence-corrected chi connectivity index (χ0v) is 11.3. The van der Waals surface area contributed by atoms with Gasteiger partial charge < -0.3 is 10.6 Å². The number of nitrogens with two attached hydrogens (primary N) is 1. The molecule has 1 fully saturated rings. The van der Waals surface area contributed by atoms with Crippen LogP contribution in [0.4, 0.5) is 0 Å². The minimum atomic E-state index is 0.226. The van der Waals surface area contributed by atoms with E-state index in [1.165, 1.54) is 30.6 Å². The van der Waals surface area contributed by atoms with Crippen molar-refractivity contribution in [3.8, 4) is 0 Å². The van der Waals surface area contributed by atoms with Crippen LogP contribution in [0.15, 0.2) is 24.3 Å². The molecule has 3 nitrogen and oxygen atoms in total. The molecule has 0 saturated carbocycles. The van der Waals surface area contributed by atoms with Crippen LogP contribution in [0.25, 0.3) is 0 Å². The second-order valence-corrected chi connectivity index (χ2v) is 5.89. The van der Waals surface area contributed by atoms with Crippen LogP contribution in [0.3, 0.4) is 0 Å². The summed E-state index contributed by atoms with van der Waals surface area (Å²) in [5.41, 5.74) is 9.08. The minimum absolute atomic E-state index is 0.226. The third-order valence-electron chi connectivity index (χ3n) is 4.60. The number of hydrogen-bond donors (Lipinski definition) is 1. The molecule has 2 N–H and O–H groups in total. The molecule has 0 spiro atoms. The van der Waals surface area contributed by atoms with Crippen LogP contribution in [-0.4, -0.2) is 43.0 Å². The largest absolute Gasteiger partial charge is 0.324 e. The Morgan fingerprint density at radius 3 is 2.61 bits per heavy atom. The smallest absolute Gasteiger partial charge is 0.0370 e. The zero-order valence-electron chi connectivity index (χ0n) is 11.3. The van der Waals surface area contributed by atoms with Gasteiger partial charge >= 0.3 is 0 Å². The van der Waals surface area contributed by atoms with E-state index in [1.807, 2.05) is 0 Å². The molecule has 1 aliphatic carbocycles. The van der Waals surface area contributed by atoms with Crippen molar-refractivity contribution in [3.05, 3.63) is 35.4 Å². The van der Waals surface area contributed by atoms with Gasteiger partial charge in [0.25, 0.3) is 0 Å². The quantitative estimate of drug-likeness (QED) is 0.862. The predicted molar refractivity (Wildman–Crippen MR) is 74.4 cm³/mol. The number of likely N-dealkylation sites (tertiary alicyclic amines) is 1. The topological polar surface area (TPSA) is 32.5 Å². The van der Waals surface area contributed by atoms with Gasteiger partial charge in [-0.2, -0.15) is 0 Å². The van der Waals surface area contributed by atoms with Crippen molar-refractivity contribution in [2.75, 3.05) is 27.2 Å². The fourth-order valence-corrected chi connectivity index (χ4v) is 3.46. The van der Waals surface area contributed by atoms with Gasteiger partial charge in [-0.1, -0.05) is 24.3 Å². The Labute approximate surface area is 110 Å². The number of nitrogens with zero attached hydrogens (tertiary/aromatic N) is 2. The van der Waals surface area contributed by atoms with E-state index in [0.717, 1.165) is 6.42 Å². The first-order chi connectivity index (χ1) is 8.66. The van der Waals surface area contributed by atoms with Gasteiger partial charge in [0.2, 0.25) is 0 Å². The van der Waals surface area contributed by atoms with E-state index < -0.39 is 0 Å². The maximum absolute atomic E-state index is 6.26. The number of hydrogen-bond acceptors (Lipinski definition) is 3. The number of benzene rings is 1. The second kappa shape index (κ2) is 4.65. The van der Waals surface area contributed by atoms with E-state index in [4.69, 9.17) is 5.73 Å². The highest BCUT2D eigenvalue weighted by Crippen LogP contribution is 2.42. The van der Waals surface area contributed by atoms with Crippen LogP contribution in [-0.2, 0) is 0 Å². The highest BCUT2D eigenvalue weighted by molar-refractivity contribution is 5.37. The monoisotopic (exact) mass is 245 g/mol. The van der Waals surface area contributed by atoms with E-state index in [-0.39, 0.29) is 6.04 Å². The van der Waals surface area contributed by atoms with Crippen molar-refractivity contribution in [1.82, 2.24) is 9.80 Å². The SMILES string of the molecule is CN(C)C1CCN(C2CC(N)c3ccccc32)C1. The van der Waals surface area contributed by atoms with Gasteiger partial charge in [0.15, 0.2) is 0 Å². The van der Waals surface area contributed by atoms with Crippen LogP contribution in [0.1, 0.15) is 36.1 Å². The summed E-state index contributed by atoms with van der Waals surface area (Å²) in [5.74, 6) is 0. The summed E-state index contributed by atoms with van der Waals surface area (Å²) in [6, 6.07) is 10.2. The summed E-state index contributed by atoms with van der Waals surface area (Å²) >= 11 is 0. The Morgan fingerprint density at radius 1 is 1.22 bits per heavy atom. The van der Waals surface area contributed by atoms with Crippen LogP contribution in [0.5, 0.6) is 0 Å². The Bertz CT molecular complexity index is 430. The molecule has 0 bridgehead atoms. The van der Waals surface area contributed by atoms with Gasteiger partial charge in [-0.25, -0.2) is 0 Å². The lowest BCUT2D eigenvalue weighted by Crippen LogP contribution is -2.33. The summed E-state index contributed by atoms with van der Waals surface area (Å²) < 4.78 is 0. The summed E-state index contributed by atoms with van der Waals surface area (Å²) in [5, 5.41) is 0. The molecule has 0 aromatic heterocycles. The van der Waals surface area contributed by atoms with E-state index in [1.54, 1.807) is 0 Å². The standard InChI is InChI=1S/C15H23N3/c1-17(2)11-7-8-18(10-11)15-9-14(16)12-5-3-4-6-13(12)15/h3-6,11,14-15H,7-10,16H2,1-2H3. The first-order valence-electron chi connectivity index (χ1n) is 6.91. The average Bonchev–Trinajstić information content (AvgIpc) is 2.95. The van der Waals surface area contributed by atoms with Crippen molar-refractivity contribution >= 4 is 0 Å². The molecule has 3 unspecified atom stereocenters. The van der Waals surface area contributed by atoms with Gasteiger partial charge in [-0.05, 0) is 38.1 Å². The first kappa shape index (κ1) is 12.2. The molecule has 2 aliphatic rings. The zero-order chi connectivity index (χ0) is 12.7. The number of rotatable bonds is 2. The van der Waals surface area contributed by atoms with Gasteiger partial charge in [0, 0.05) is 31.2 Å². The lowest BCUT2D eigenvalue weighted by atomic mass is 10.1. The molecule has 1 saturated heterocycles. The Morgan fingerprint density at radius 2 is 1.94 bits per heavy atom. The third kappa shape index (κ3) is 1.96. The van der Waals surface area contributed by atoms with Crippen LogP contribution in [0, 0.1) is 0 Å². The van der Waals surface area contributed by atoms with Gasteiger partial charge in [0.05, 0.1) is 0 Å². The molecular formula is C15H23N3. The highest BCUT2D eigenvalue weighted by atomic mass is 15.2. The van der Waals surface area contributed by atoms with Crippen molar-refractivity contribution in [2.24, 2.45) is 5.73 Å². The molecular weight excluding hydrogens is 222 g/mol. The molecule has 3 atom stereocenters. The normalized spacial score (nSPS) is 32.1. The third-order valence-corrected chi connectivity index (χ3v) is 4.60. The van der Waals surface area contributed by atoms with Gasteiger partial charge in [-0.3, -0.25) is 4.90 Å². The Kier molecular flexibility index (Phi) is 3.14. The highest BCUT2D eigenvalue weighted by Gasteiger charge is 2.36. The first-order valence-corrected chi connectivity index (χ1v) is 6.91. The van der Waals surface area contributed by atoms with Crippen molar-refractivity contribution in [1.29, 1.82) is 0 Å². The lowest BCUT2D eigenvalue weighted by molar-refractivity contribution is 0.211. The van der Waals surface area contributed by atoms with Gasteiger partial charge in [-0.15, -0.1) is 0 Å². The minimum Gasteiger partial charge on any atom is -0.324 e. The summed E-state index contributed by atoms with van der Waals surface area (Å²) in [7, 11) is 4.37. The van der Waals surface area contributed by atoms with E-state index >= 15 is 0 Å². The summed E-state index contributed by atoms with van der Waals surface area (Å²) in [4.78, 5) is 4.97. The van der Waals surface area contributed by atoms with Crippen LogP contribution < -0.4 is 5.73 Å². The van der Waals surface area contributed by atoms with Crippen molar-refractivity contribution in [2.45, 2.75) is 31.0 Å². The lowest BCUT2D eigenvalue weighted by Gasteiger charge is -2.26. The fraction of sp³-hybridized carbons (Fsp3) is 0.600. The molecule has 1 aliphatic heterocycles. The maximum atomic E-state index is 6.26. The molecule has 0 radical (unpaired) electrons. The van der Waals surface area contributed by atoms with Crippen molar-refractivity contribution < 1.29 is 0 Å². The molecule has 1 aromatic carbocycles. The molecule has 1 aromatic rings. The summed E-state index contributed by atoms with van der Waals surface area (Å²) in [6.07, 6.45) is 2.36.